The molecule has 2 amide bonds. The molecule has 0 aromatic heterocycles. The van der Waals surface area contributed by atoms with E-state index in [4.69, 9.17) is 0 Å². The zero-order chi connectivity index (χ0) is 16.7. The summed E-state index contributed by atoms with van der Waals surface area (Å²) in [6.07, 6.45) is 6.00. The summed E-state index contributed by atoms with van der Waals surface area (Å²) in [5.41, 5.74) is 2.12. The van der Waals surface area contributed by atoms with Crippen molar-refractivity contribution < 1.29 is 9.59 Å². The number of amides is 2. The van der Waals surface area contributed by atoms with Gasteiger partial charge in [-0.2, -0.15) is 0 Å². The number of likely N-dealkylation sites (tertiary alicyclic amines) is 1. The molecule has 0 unspecified atom stereocenters. The van der Waals surface area contributed by atoms with Crippen molar-refractivity contribution in [2.75, 3.05) is 24.5 Å². The first-order chi connectivity index (χ1) is 11.1. The van der Waals surface area contributed by atoms with Gasteiger partial charge in [0.1, 0.15) is 0 Å². The third-order valence-corrected chi connectivity index (χ3v) is 4.54. The van der Waals surface area contributed by atoms with Crippen LogP contribution in [0.3, 0.4) is 0 Å². The average Bonchev–Trinajstić information content (AvgIpc) is 2.84. The fourth-order valence-corrected chi connectivity index (χ4v) is 3.07. The molecule has 1 fully saturated rings. The third-order valence-electron chi connectivity index (χ3n) is 4.54. The Balaban J connectivity index is 1.96. The van der Waals surface area contributed by atoms with Gasteiger partial charge < -0.3 is 9.80 Å². The van der Waals surface area contributed by atoms with Gasteiger partial charge in [0.25, 0.3) is 0 Å². The van der Waals surface area contributed by atoms with E-state index in [1.54, 1.807) is 11.8 Å². The molecule has 4 heteroatoms. The van der Waals surface area contributed by atoms with Crippen molar-refractivity contribution in [2.24, 2.45) is 0 Å². The number of carbonyl (C=O) groups excluding carboxylic acids is 2. The summed E-state index contributed by atoms with van der Waals surface area (Å²) < 4.78 is 0. The number of carbonyl (C=O) groups is 2. The minimum atomic E-state index is -0.0158. The fraction of sp³-hybridized carbons (Fsp3) is 0.579. The Morgan fingerprint density at radius 2 is 1.65 bits per heavy atom. The monoisotopic (exact) mass is 316 g/mol. The van der Waals surface area contributed by atoms with Crippen LogP contribution in [0, 0.1) is 0 Å². The first-order valence-corrected chi connectivity index (χ1v) is 8.76. The van der Waals surface area contributed by atoms with E-state index in [-0.39, 0.29) is 11.8 Å². The first kappa shape index (κ1) is 17.5. The van der Waals surface area contributed by atoms with Crippen LogP contribution in [0.4, 0.5) is 5.69 Å². The van der Waals surface area contributed by atoms with Crippen molar-refractivity contribution in [3.05, 3.63) is 29.8 Å². The van der Waals surface area contributed by atoms with E-state index >= 15 is 0 Å². The van der Waals surface area contributed by atoms with Crippen molar-refractivity contribution in [2.45, 2.75) is 52.4 Å². The van der Waals surface area contributed by atoms with Crippen LogP contribution in [-0.4, -0.2) is 36.3 Å². The highest BCUT2D eigenvalue weighted by atomic mass is 16.2. The van der Waals surface area contributed by atoms with Crippen LogP contribution in [0.1, 0.15) is 51.5 Å². The van der Waals surface area contributed by atoms with E-state index in [1.807, 2.05) is 29.2 Å². The Morgan fingerprint density at radius 3 is 2.17 bits per heavy atom. The summed E-state index contributed by atoms with van der Waals surface area (Å²) in [6, 6.07) is 8.02. The van der Waals surface area contributed by atoms with E-state index in [2.05, 4.69) is 6.92 Å². The molecule has 23 heavy (non-hydrogen) atoms. The quantitative estimate of drug-likeness (QED) is 0.835. The molecule has 0 aliphatic carbocycles. The zero-order valence-corrected chi connectivity index (χ0v) is 14.4. The van der Waals surface area contributed by atoms with Gasteiger partial charge in [-0.1, -0.05) is 31.9 Å². The predicted molar refractivity (Wildman–Crippen MR) is 93.5 cm³/mol. The van der Waals surface area contributed by atoms with E-state index in [1.165, 1.54) is 18.4 Å². The van der Waals surface area contributed by atoms with Crippen molar-refractivity contribution in [3.8, 4) is 0 Å². The first-order valence-electron chi connectivity index (χ1n) is 8.76. The molecule has 0 radical (unpaired) electrons. The number of benzene rings is 1. The van der Waals surface area contributed by atoms with E-state index in [0.29, 0.717) is 13.0 Å². The van der Waals surface area contributed by atoms with Gasteiger partial charge in [-0.25, -0.2) is 0 Å². The molecule has 2 rings (SSSR count). The maximum absolute atomic E-state index is 12.4. The van der Waals surface area contributed by atoms with Gasteiger partial charge in [0.2, 0.25) is 11.8 Å². The lowest BCUT2D eigenvalue weighted by Gasteiger charge is -2.24. The Morgan fingerprint density at radius 1 is 1.04 bits per heavy atom. The summed E-state index contributed by atoms with van der Waals surface area (Å²) in [5.74, 6) is 0.154. The molecular weight excluding hydrogens is 288 g/mol. The number of nitrogens with zero attached hydrogens (tertiary/aromatic N) is 2. The van der Waals surface area contributed by atoms with Crippen LogP contribution in [0.5, 0.6) is 0 Å². The number of hydrogen-bond acceptors (Lipinski definition) is 2. The highest BCUT2D eigenvalue weighted by Crippen LogP contribution is 2.17. The molecule has 1 saturated heterocycles. The van der Waals surface area contributed by atoms with Gasteiger partial charge >= 0.3 is 0 Å². The second-order valence-corrected chi connectivity index (χ2v) is 6.24. The van der Waals surface area contributed by atoms with Gasteiger partial charge in [-0.3, -0.25) is 9.59 Å². The number of aryl methyl sites for hydroxylation is 1. The second-order valence-electron chi connectivity index (χ2n) is 6.24. The van der Waals surface area contributed by atoms with Crippen LogP contribution in [-0.2, 0) is 16.0 Å². The third kappa shape index (κ3) is 5.08. The molecule has 0 atom stereocenters. The van der Waals surface area contributed by atoms with E-state index in [0.717, 1.165) is 38.0 Å². The molecular formula is C19H28N2O2. The molecule has 126 valence electrons. The molecule has 1 heterocycles. The average molecular weight is 316 g/mol. The van der Waals surface area contributed by atoms with Gasteiger partial charge in [0.15, 0.2) is 0 Å². The lowest BCUT2D eigenvalue weighted by Crippen LogP contribution is -2.36. The van der Waals surface area contributed by atoms with Crippen LogP contribution in [0.25, 0.3) is 0 Å². The second kappa shape index (κ2) is 8.70. The maximum atomic E-state index is 12.4. The van der Waals surface area contributed by atoms with Gasteiger partial charge in [-0.05, 0) is 37.0 Å². The van der Waals surface area contributed by atoms with E-state index < -0.39 is 0 Å². The molecule has 0 N–H and O–H groups in total. The smallest absolute Gasteiger partial charge is 0.224 e. The van der Waals surface area contributed by atoms with Gasteiger partial charge in [0.05, 0.1) is 0 Å². The van der Waals surface area contributed by atoms with Gasteiger partial charge in [0, 0.05) is 38.7 Å². The summed E-state index contributed by atoms with van der Waals surface area (Å²) in [5, 5.41) is 0. The molecule has 4 nitrogen and oxygen atoms in total. The molecule has 1 aromatic carbocycles. The number of hydrogen-bond donors (Lipinski definition) is 0. The zero-order valence-electron chi connectivity index (χ0n) is 14.4. The number of rotatable bonds is 5. The van der Waals surface area contributed by atoms with Crippen molar-refractivity contribution in [1.29, 1.82) is 0 Å². The van der Waals surface area contributed by atoms with Crippen molar-refractivity contribution in [3.63, 3.8) is 0 Å². The summed E-state index contributed by atoms with van der Waals surface area (Å²) in [6.45, 7) is 5.85. The summed E-state index contributed by atoms with van der Waals surface area (Å²) >= 11 is 0. The molecule has 0 saturated carbocycles. The SMILES string of the molecule is CCc1ccc(N(CCC(=O)N2CCCCCC2)C(C)=O)cc1. The predicted octanol–water partition coefficient (Wildman–Crippen LogP) is 3.39. The van der Waals surface area contributed by atoms with E-state index in [9.17, 15) is 9.59 Å². The normalized spacial score (nSPS) is 15.1. The van der Waals surface area contributed by atoms with Crippen molar-refractivity contribution >= 4 is 17.5 Å². The molecule has 1 aliphatic rings. The molecule has 1 aliphatic heterocycles. The largest absolute Gasteiger partial charge is 0.343 e. The molecule has 1 aromatic rings. The highest BCUT2D eigenvalue weighted by molar-refractivity contribution is 5.92. The van der Waals surface area contributed by atoms with Crippen LogP contribution >= 0.6 is 0 Å². The van der Waals surface area contributed by atoms with Crippen molar-refractivity contribution in [1.82, 2.24) is 4.90 Å². The standard InChI is InChI=1S/C19H28N2O2/c1-3-17-8-10-18(11-9-17)21(16(2)22)15-12-19(23)20-13-6-4-5-7-14-20/h8-11H,3-7,12-15H2,1-2H3. The lowest BCUT2D eigenvalue weighted by molar-refractivity contribution is -0.131. The molecule has 0 bridgehead atoms. The van der Waals surface area contributed by atoms with Gasteiger partial charge in [-0.15, -0.1) is 0 Å². The fourth-order valence-electron chi connectivity index (χ4n) is 3.07. The summed E-state index contributed by atoms with van der Waals surface area (Å²) in [7, 11) is 0. The topological polar surface area (TPSA) is 40.6 Å². The summed E-state index contributed by atoms with van der Waals surface area (Å²) in [4.78, 5) is 28.0. The number of anilines is 1. The molecule has 0 spiro atoms. The Labute approximate surface area is 139 Å². The maximum Gasteiger partial charge on any atom is 0.224 e. The van der Waals surface area contributed by atoms with Crippen LogP contribution in [0.15, 0.2) is 24.3 Å². The van der Waals surface area contributed by atoms with Crippen LogP contribution < -0.4 is 4.90 Å². The highest BCUT2D eigenvalue weighted by Gasteiger charge is 2.18. The minimum absolute atomic E-state index is 0.0158. The Kier molecular flexibility index (Phi) is 6.63. The van der Waals surface area contributed by atoms with Crippen LogP contribution in [0.2, 0.25) is 0 Å². The Hall–Kier alpha value is -1.84. The lowest BCUT2D eigenvalue weighted by atomic mass is 10.1. The Bertz CT molecular complexity index is 517. The minimum Gasteiger partial charge on any atom is -0.343 e.